The number of carbonyl (C=O) groups is 3. The van der Waals surface area contributed by atoms with Crippen LogP contribution in [-0.2, 0) is 23.9 Å². The fraction of sp³-hybridized carbons (Fsp3) is 0.741. The molecule has 3 heterocycles. The van der Waals surface area contributed by atoms with Crippen LogP contribution in [0.5, 0.6) is 0 Å². The molecule has 0 aliphatic carbocycles. The van der Waals surface area contributed by atoms with E-state index in [2.05, 4.69) is 13.2 Å². The van der Waals surface area contributed by atoms with Gasteiger partial charge < -0.3 is 24.4 Å². The smallest absolute Gasteiger partial charge is 0.312 e. The Balaban J connectivity index is 2.10. The van der Waals surface area contributed by atoms with Crippen molar-refractivity contribution in [1.29, 1.82) is 0 Å². The molecular formula is C27H42N2O6. The van der Waals surface area contributed by atoms with Gasteiger partial charge in [0.15, 0.2) is 0 Å². The van der Waals surface area contributed by atoms with Gasteiger partial charge in [-0.25, -0.2) is 0 Å². The molecule has 196 valence electrons. The molecule has 8 heteroatoms. The van der Waals surface area contributed by atoms with Crippen LogP contribution in [-0.4, -0.2) is 81.8 Å². The molecule has 2 bridgehead atoms. The average Bonchev–Trinajstić information content (AvgIpc) is 3.44. The standard InChI is InChI=1S/C27H42N2O6/c1-8-11-15-34-25(33)20-19-12-13-27(35-19)21(20)23(31)29(18(16-30)17(4)10-3)22(27)24(32)28(14-9-2)26(5,6)7/h8-9,17-22,30H,1-2,10-16H2,3-7H3/t17-,18-,19-,20+,21-,22?,27?/m0/s1. The summed E-state index contributed by atoms with van der Waals surface area (Å²) in [6.07, 6.45) is 5.20. The molecule has 2 unspecified atom stereocenters. The van der Waals surface area contributed by atoms with Gasteiger partial charge in [0.2, 0.25) is 11.8 Å². The van der Waals surface area contributed by atoms with Crippen LogP contribution in [0.15, 0.2) is 25.3 Å². The van der Waals surface area contributed by atoms with E-state index in [9.17, 15) is 19.5 Å². The van der Waals surface area contributed by atoms with Crippen LogP contribution < -0.4 is 0 Å². The van der Waals surface area contributed by atoms with Gasteiger partial charge >= 0.3 is 5.97 Å². The van der Waals surface area contributed by atoms with Crippen molar-refractivity contribution in [2.45, 2.75) is 89.6 Å². The molecule has 0 saturated carbocycles. The third-order valence-corrected chi connectivity index (χ3v) is 8.04. The van der Waals surface area contributed by atoms with Crippen molar-refractivity contribution >= 4 is 17.8 Å². The number of aliphatic hydroxyl groups excluding tert-OH is 1. The van der Waals surface area contributed by atoms with Crippen molar-refractivity contribution < 1.29 is 29.0 Å². The summed E-state index contributed by atoms with van der Waals surface area (Å²) in [6, 6.07) is -1.49. The lowest BCUT2D eigenvalue weighted by Gasteiger charge is -2.44. The lowest BCUT2D eigenvalue weighted by molar-refractivity contribution is -0.158. The molecule has 2 amide bonds. The highest BCUT2D eigenvalue weighted by Gasteiger charge is 2.76. The zero-order valence-electron chi connectivity index (χ0n) is 21.9. The topological polar surface area (TPSA) is 96.4 Å². The van der Waals surface area contributed by atoms with E-state index in [1.807, 2.05) is 34.6 Å². The highest BCUT2D eigenvalue weighted by molar-refractivity contribution is 5.98. The first-order valence-electron chi connectivity index (χ1n) is 12.8. The van der Waals surface area contributed by atoms with Crippen LogP contribution in [0.1, 0.15) is 60.3 Å². The number of amides is 2. The van der Waals surface area contributed by atoms with Gasteiger partial charge in [0.05, 0.1) is 37.2 Å². The minimum absolute atomic E-state index is 0.0489. The summed E-state index contributed by atoms with van der Waals surface area (Å²) in [4.78, 5) is 44.8. The monoisotopic (exact) mass is 490 g/mol. The van der Waals surface area contributed by atoms with Crippen molar-refractivity contribution in [2.24, 2.45) is 17.8 Å². The van der Waals surface area contributed by atoms with Crippen LogP contribution in [0.4, 0.5) is 0 Å². The van der Waals surface area contributed by atoms with Crippen molar-refractivity contribution in [3.05, 3.63) is 25.3 Å². The lowest BCUT2D eigenvalue weighted by Crippen LogP contribution is -2.62. The predicted octanol–water partition coefficient (Wildman–Crippen LogP) is 2.70. The lowest BCUT2D eigenvalue weighted by atomic mass is 9.70. The van der Waals surface area contributed by atoms with Crippen LogP contribution >= 0.6 is 0 Å². The van der Waals surface area contributed by atoms with Gasteiger partial charge in [-0.3, -0.25) is 14.4 Å². The van der Waals surface area contributed by atoms with E-state index >= 15 is 0 Å². The van der Waals surface area contributed by atoms with Gasteiger partial charge in [0.1, 0.15) is 11.6 Å². The Labute approximate surface area is 209 Å². The SMILES string of the molecule is C=CCCOC(=O)[C@@H]1[C@@H]2CCC3(O2)C(C(=O)N(CC=C)C(C)(C)C)N([C@@H](CO)[C@@H](C)CC)C(=O)[C@H]13. The summed E-state index contributed by atoms with van der Waals surface area (Å²) in [5, 5.41) is 10.4. The zero-order valence-corrected chi connectivity index (χ0v) is 21.9. The highest BCUT2D eigenvalue weighted by atomic mass is 16.6. The summed E-state index contributed by atoms with van der Waals surface area (Å²) in [5.41, 5.74) is -1.65. The Bertz CT molecular complexity index is 851. The summed E-state index contributed by atoms with van der Waals surface area (Å²) in [6.45, 7) is 17.5. The Hall–Kier alpha value is -2.19. The number of likely N-dealkylation sites (tertiary alicyclic amines) is 1. The fourth-order valence-corrected chi connectivity index (χ4v) is 6.12. The second-order valence-electron chi connectivity index (χ2n) is 11.1. The molecule has 7 atom stereocenters. The number of carbonyl (C=O) groups excluding carboxylic acids is 3. The molecular weight excluding hydrogens is 448 g/mol. The zero-order chi connectivity index (χ0) is 26.1. The van der Waals surface area contributed by atoms with E-state index < -0.39 is 47.1 Å². The van der Waals surface area contributed by atoms with Gasteiger partial charge in [0.25, 0.3) is 0 Å². The van der Waals surface area contributed by atoms with Gasteiger partial charge in [-0.05, 0) is 46.0 Å². The maximum Gasteiger partial charge on any atom is 0.312 e. The predicted molar refractivity (Wildman–Crippen MR) is 132 cm³/mol. The number of fused-ring (bicyclic) bond motifs is 1. The molecule has 0 aromatic heterocycles. The minimum atomic E-state index is -1.12. The molecule has 35 heavy (non-hydrogen) atoms. The molecule has 3 rings (SSSR count). The molecule has 3 saturated heterocycles. The van der Waals surface area contributed by atoms with Crippen LogP contribution in [0.3, 0.4) is 0 Å². The minimum Gasteiger partial charge on any atom is -0.465 e. The second-order valence-corrected chi connectivity index (χ2v) is 11.1. The van der Waals surface area contributed by atoms with Crippen LogP contribution in [0.2, 0.25) is 0 Å². The van der Waals surface area contributed by atoms with Gasteiger partial charge in [-0.2, -0.15) is 0 Å². The van der Waals surface area contributed by atoms with E-state index in [4.69, 9.17) is 9.47 Å². The van der Waals surface area contributed by atoms with Crippen molar-refractivity contribution in [3.8, 4) is 0 Å². The van der Waals surface area contributed by atoms with E-state index in [0.29, 0.717) is 25.8 Å². The van der Waals surface area contributed by atoms with Gasteiger partial charge in [-0.1, -0.05) is 32.4 Å². The number of hydrogen-bond acceptors (Lipinski definition) is 6. The summed E-state index contributed by atoms with van der Waals surface area (Å²) in [7, 11) is 0. The number of esters is 1. The molecule has 1 N–H and O–H groups in total. The number of nitrogens with zero attached hydrogens (tertiary/aromatic N) is 2. The average molecular weight is 491 g/mol. The Kier molecular flexibility index (Phi) is 8.16. The maximum atomic E-state index is 14.3. The molecule has 0 radical (unpaired) electrons. The highest BCUT2D eigenvalue weighted by Crippen LogP contribution is 2.59. The Morgan fingerprint density at radius 1 is 1.34 bits per heavy atom. The third kappa shape index (κ3) is 4.55. The molecule has 3 fully saturated rings. The van der Waals surface area contributed by atoms with E-state index in [0.717, 1.165) is 6.42 Å². The quantitative estimate of drug-likeness (QED) is 0.272. The van der Waals surface area contributed by atoms with E-state index in [1.54, 1.807) is 22.0 Å². The van der Waals surface area contributed by atoms with Crippen molar-refractivity contribution in [1.82, 2.24) is 9.80 Å². The van der Waals surface area contributed by atoms with Crippen LogP contribution in [0, 0.1) is 17.8 Å². The van der Waals surface area contributed by atoms with Gasteiger partial charge in [-0.15, -0.1) is 13.2 Å². The fourth-order valence-electron chi connectivity index (χ4n) is 6.12. The van der Waals surface area contributed by atoms with Crippen molar-refractivity contribution in [2.75, 3.05) is 19.8 Å². The number of hydrogen-bond donors (Lipinski definition) is 1. The Morgan fingerprint density at radius 2 is 2.03 bits per heavy atom. The van der Waals surface area contributed by atoms with E-state index in [1.165, 1.54) is 0 Å². The first-order chi connectivity index (χ1) is 16.5. The van der Waals surface area contributed by atoms with Crippen molar-refractivity contribution in [3.63, 3.8) is 0 Å². The molecule has 3 aliphatic rings. The number of rotatable bonds is 11. The first-order valence-corrected chi connectivity index (χ1v) is 12.8. The third-order valence-electron chi connectivity index (χ3n) is 8.04. The number of ether oxygens (including phenoxy) is 2. The summed E-state index contributed by atoms with van der Waals surface area (Å²) < 4.78 is 11.9. The molecule has 3 aliphatic heterocycles. The number of aliphatic hydroxyl groups is 1. The molecule has 0 aromatic carbocycles. The largest absolute Gasteiger partial charge is 0.465 e. The van der Waals surface area contributed by atoms with Gasteiger partial charge in [0, 0.05) is 12.1 Å². The summed E-state index contributed by atoms with van der Waals surface area (Å²) in [5.74, 6) is -2.63. The molecule has 8 nitrogen and oxygen atoms in total. The molecule has 0 aromatic rings. The Morgan fingerprint density at radius 3 is 2.57 bits per heavy atom. The molecule has 1 spiro atoms. The maximum absolute atomic E-state index is 14.3. The van der Waals surface area contributed by atoms with Crippen LogP contribution in [0.25, 0.3) is 0 Å². The first kappa shape index (κ1) is 27.4. The second kappa shape index (κ2) is 10.4. The summed E-state index contributed by atoms with van der Waals surface area (Å²) >= 11 is 0. The normalized spacial score (nSPS) is 31.1. The van der Waals surface area contributed by atoms with E-state index in [-0.39, 0.29) is 30.9 Å².